The van der Waals surface area contributed by atoms with Gasteiger partial charge in [-0.3, -0.25) is 14.9 Å². The third kappa shape index (κ3) is 2.81. The fourth-order valence-electron chi connectivity index (χ4n) is 2.87. The van der Waals surface area contributed by atoms with Crippen molar-refractivity contribution in [2.45, 2.75) is 45.6 Å². The zero-order chi connectivity index (χ0) is 14.7. The number of hydrogen-bond donors (Lipinski definition) is 0. The van der Waals surface area contributed by atoms with Gasteiger partial charge >= 0.3 is 0 Å². The molecule has 0 bridgehead atoms. The van der Waals surface area contributed by atoms with E-state index in [1.54, 1.807) is 12.1 Å². The molecule has 1 unspecified atom stereocenters. The number of nitrogens with zero attached hydrogens (tertiary/aromatic N) is 2. The molecule has 1 atom stereocenters. The lowest BCUT2D eigenvalue weighted by Crippen LogP contribution is -2.41. The molecule has 5 nitrogen and oxygen atoms in total. The number of hydrogen-bond acceptors (Lipinski definition) is 3. The third-order valence-corrected chi connectivity index (χ3v) is 3.84. The molecule has 0 saturated carbocycles. The van der Waals surface area contributed by atoms with Crippen LogP contribution in [0.1, 0.15) is 37.8 Å². The molecule has 1 aliphatic carbocycles. The molecule has 1 aromatic carbocycles. The first-order valence-corrected chi connectivity index (χ1v) is 7.12. The Bertz CT molecular complexity index is 528. The Labute approximate surface area is 118 Å². The number of carbonyl (C=O) groups excluding carboxylic acids is 1. The van der Waals surface area contributed by atoms with E-state index < -0.39 is 0 Å². The standard InChI is InChI=1S/C15H20N2O3/c1-3-7-16(15(18)4-2)14-8-11-5-6-13(17(19)20)9-12(11)10-14/h5-6,9,14H,3-4,7-8,10H2,1-2H3. The Hall–Kier alpha value is -1.91. The van der Waals surface area contributed by atoms with Crippen LogP contribution >= 0.6 is 0 Å². The maximum atomic E-state index is 12.0. The van der Waals surface area contributed by atoms with Crippen molar-refractivity contribution in [3.05, 3.63) is 39.4 Å². The molecule has 108 valence electrons. The molecule has 20 heavy (non-hydrogen) atoms. The number of amides is 1. The zero-order valence-electron chi connectivity index (χ0n) is 12.0. The van der Waals surface area contributed by atoms with Gasteiger partial charge in [0.05, 0.1) is 4.92 Å². The minimum absolute atomic E-state index is 0.133. The minimum Gasteiger partial charge on any atom is -0.339 e. The van der Waals surface area contributed by atoms with Gasteiger partial charge < -0.3 is 4.90 Å². The lowest BCUT2D eigenvalue weighted by molar-refractivity contribution is -0.384. The Morgan fingerprint density at radius 2 is 2.05 bits per heavy atom. The van der Waals surface area contributed by atoms with Crippen LogP contribution in [0.5, 0.6) is 0 Å². The van der Waals surface area contributed by atoms with Crippen LogP contribution in [0, 0.1) is 10.1 Å². The normalized spacial score (nSPS) is 16.8. The maximum absolute atomic E-state index is 12.0. The summed E-state index contributed by atoms with van der Waals surface area (Å²) >= 11 is 0. The SMILES string of the molecule is CCCN(C(=O)CC)C1Cc2ccc([N+](=O)[O-])cc2C1. The van der Waals surface area contributed by atoms with Crippen molar-refractivity contribution in [2.75, 3.05) is 6.54 Å². The predicted molar refractivity (Wildman–Crippen MR) is 76.6 cm³/mol. The molecule has 0 radical (unpaired) electrons. The molecule has 1 amide bonds. The number of fused-ring (bicyclic) bond motifs is 1. The highest BCUT2D eigenvalue weighted by atomic mass is 16.6. The zero-order valence-corrected chi connectivity index (χ0v) is 12.0. The summed E-state index contributed by atoms with van der Waals surface area (Å²) in [5.41, 5.74) is 2.27. The van der Waals surface area contributed by atoms with Gasteiger partial charge in [0.25, 0.3) is 5.69 Å². The molecule has 0 N–H and O–H groups in total. The number of benzene rings is 1. The molecule has 0 aromatic heterocycles. The summed E-state index contributed by atoms with van der Waals surface area (Å²) in [6.07, 6.45) is 2.97. The van der Waals surface area contributed by atoms with E-state index in [0.717, 1.165) is 36.9 Å². The van der Waals surface area contributed by atoms with Crippen LogP contribution in [0.2, 0.25) is 0 Å². The summed E-state index contributed by atoms with van der Waals surface area (Å²) in [5.74, 6) is 0.166. The van der Waals surface area contributed by atoms with Crippen molar-refractivity contribution < 1.29 is 9.72 Å². The maximum Gasteiger partial charge on any atom is 0.269 e. The Balaban J connectivity index is 2.18. The van der Waals surface area contributed by atoms with Crippen LogP contribution in [-0.2, 0) is 17.6 Å². The van der Waals surface area contributed by atoms with Crippen LogP contribution in [0.25, 0.3) is 0 Å². The van der Waals surface area contributed by atoms with Crippen LogP contribution in [0.3, 0.4) is 0 Å². The molecule has 0 aliphatic heterocycles. The van der Waals surface area contributed by atoms with Crippen molar-refractivity contribution in [1.29, 1.82) is 0 Å². The smallest absolute Gasteiger partial charge is 0.269 e. The Kier molecular flexibility index (Phi) is 4.37. The van der Waals surface area contributed by atoms with E-state index in [1.807, 2.05) is 17.9 Å². The first-order chi connectivity index (χ1) is 9.56. The van der Waals surface area contributed by atoms with Gasteiger partial charge in [-0.2, -0.15) is 0 Å². The number of rotatable bonds is 5. The molecule has 0 spiro atoms. The van der Waals surface area contributed by atoms with Gasteiger partial charge in [0.15, 0.2) is 0 Å². The summed E-state index contributed by atoms with van der Waals surface area (Å²) in [5, 5.41) is 10.8. The minimum atomic E-state index is -0.366. The monoisotopic (exact) mass is 276 g/mol. The van der Waals surface area contributed by atoms with Gasteiger partial charge in [-0.15, -0.1) is 0 Å². The predicted octanol–water partition coefficient (Wildman–Crippen LogP) is 2.71. The van der Waals surface area contributed by atoms with E-state index >= 15 is 0 Å². The second-order valence-electron chi connectivity index (χ2n) is 5.21. The van der Waals surface area contributed by atoms with Gasteiger partial charge in [-0.1, -0.05) is 19.9 Å². The van der Waals surface area contributed by atoms with Crippen LogP contribution in [-0.4, -0.2) is 28.3 Å². The third-order valence-electron chi connectivity index (χ3n) is 3.84. The molecule has 1 aliphatic rings. The van der Waals surface area contributed by atoms with E-state index in [0.29, 0.717) is 6.42 Å². The fourth-order valence-corrected chi connectivity index (χ4v) is 2.87. The number of nitro groups is 1. The molecule has 2 rings (SSSR count). The van der Waals surface area contributed by atoms with Crippen molar-refractivity contribution in [1.82, 2.24) is 4.90 Å². The topological polar surface area (TPSA) is 63.5 Å². The molecule has 0 fully saturated rings. The average molecular weight is 276 g/mol. The van der Waals surface area contributed by atoms with Gasteiger partial charge in [0, 0.05) is 31.1 Å². The van der Waals surface area contributed by atoms with Crippen molar-refractivity contribution in [3.63, 3.8) is 0 Å². The van der Waals surface area contributed by atoms with E-state index in [2.05, 4.69) is 6.92 Å². The van der Waals surface area contributed by atoms with E-state index in [9.17, 15) is 14.9 Å². The van der Waals surface area contributed by atoms with E-state index in [1.165, 1.54) is 0 Å². The van der Waals surface area contributed by atoms with E-state index in [4.69, 9.17) is 0 Å². The second-order valence-corrected chi connectivity index (χ2v) is 5.21. The summed E-state index contributed by atoms with van der Waals surface area (Å²) in [7, 11) is 0. The molecular weight excluding hydrogens is 256 g/mol. The highest BCUT2D eigenvalue weighted by molar-refractivity contribution is 5.76. The quantitative estimate of drug-likeness (QED) is 0.613. The Morgan fingerprint density at radius 1 is 1.35 bits per heavy atom. The summed E-state index contributed by atoms with van der Waals surface area (Å²) in [6.45, 7) is 4.69. The second kappa shape index (κ2) is 6.03. The summed E-state index contributed by atoms with van der Waals surface area (Å²) in [4.78, 5) is 24.4. The Morgan fingerprint density at radius 3 is 2.65 bits per heavy atom. The van der Waals surface area contributed by atoms with Crippen molar-refractivity contribution in [2.24, 2.45) is 0 Å². The van der Waals surface area contributed by atoms with Crippen LogP contribution < -0.4 is 0 Å². The number of non-ortho nitro benzene ring substituents is 1. The molecule has 1 aromatic rings. The molecule has 5 heteroatoms. The van der Waals surface area contributed by atoms with Crippen molar-refractivity contribution >= 4 is 11.6 Å². The lowest BCUT2D eigenvalue weighted by Gasteiger charge is -2.28. The number of carbonyl (C=O) groups is 1. The number of nitro benzene ring substituents is 1. The van der Waals surface area contributed by atoms with Gasteiger partial charge in [-0.05, 0) is 30.4 Å². The summed E-state index contributed by atoms with van der Waals surface area (Å²) in [6, 6.07) is 5.18. The largest absolute Gasteiger partial charge is 0.339 e. The molecule has 0 saturated heterocycles. The fraction of sp³-hybridized carbons (Fsp3) is 0.533. The average Bonchev–Trinajstić information content (AvgIpc) is 2.86. The van der Waals surface area contributed by atoms with Gasteiger partial charge in [0.1, 0.15) is 0 Å². The van der Waals surface area contributed by atoms with Gasteiger partial charge in [0.2, 0.25) is 5.91 Å². The van der Waals surface area contributed by atoms with E-state index in [-0.39, 0.29) is 22.6 Å². The van der Waals surface area contributed by atoms with Crippen molar-refractivity contribution in [3.8, 4) is 0 Å². The highest BCUT2D eigenvalue weighted by Crippen LogP contribution is 2.29. The van der Waals surface area contributed by atoms with Gasteiger partial charge in [-0.25, -0.2) is 0 Å². The molecule has 0 heterocycles. The summed E-state index contributed by atoms with van der Waals surface area (Å²) < 4.78 is 0. The van der Waals surface area contributed by atoms with Crippen LogP contribution in [0.4, 0.5) is 5.69 Å². The highest BCUT2D eigenvalue weighted by Gasteiger charge is 2.29. The molecular formula is C15H20N2O3. The van der Waals surface area contributed by atoms with Crippen LogP contribution in [0.15, 0.2) is 18.2 Å². The first kappa shape index (κ1) is 14.5. The lowest BCUT2D eigenvalue weighted by atomic mass is 10.1. The first-order valence-electron chi connectivity index (χ1n) is 7.12.